The van der Waals surface area contributed by atoms with Gasteiger partial charge in [-0.1, -0.05) is 0 Å². The van der Waals surface area contributed by atoms with E-state index in [1.54, 1.807) is 18.2 Å². The molecule has 0 spiro atoms. The zero-order valence-corrected chi connectivity index (χ0v) is 17.4. The number of ether oxygens (including phenoxy) is 1. The maximum absolute atomic E-state index is 12.1. The van der Waals surface area contributed by atoms with Crippen molar-refractivity contribution in [2.75, 3.05) is 79.0 Å². The van der Waals surface area contributed by atoms with Gasteiger partial charge in [0.2, 0.25) is 0 Å². The second kappa shape index (κ2) is 12.5. The first kappa shape index (κ1) is 23.2. The predicted molar refractivity (Wildman–Crippen MR) is 113 cm³/mol. The minimum absolute atomic E-state index is 0.356. The van der Waals surface area contributed by atoms with E-state index in [1.807, 2.05) is 0 Å². The summed E-state index contributed by atoms with van der Waals surface area (Å²) in [4.78, 5) is 19.0. The molecule has 7 heteroatoms. The maximum Gasteiger partial charge on any atom is 0.340 e. The van der Waals surface area contributed by atoms with E-state index in [0.717, 1.165) is 52.0 Å². The lowest BCUT2D eigenvalue weighted by atomic mass is 10.1. The van der Waals surface area contributed by atoms with Crippen molar-refractivity contribution >= 4 is 17.3 Å². The quantitative estimate of drug-likeness (QED) is 0.306. The van der Waals surface area contributed by atoms with Crippen molar-refractivity contribution in [1.82, 2.24) is 14.7 Å². The van der Waals surface area contributed by atoms with Gasteiger partial charge in [0.15, 0.2) is 0 Å². The first-order valence-electron chi connectivity index (χ1n) is 9.63. The molecule has 0 saturated heterocycles. The van der Waals surface area contributed by atoms with Crippen LogP contribution in [-0.4, -0.2) is 88.2 Å². The number of nitrogen functional groups attached to an aromatic ring is 2. The standard InChI is InChI=1S/C20H37N5O2/c1-23(2)10-5-12-25(13-6-11-24(3)4)14-7-15-27-20(26)18-9-8-17(21)16-19(18)22/h8-9,16H,5-7,10-15,21-22H2,1-4H3. The van der Waals surface area contributed by atoms with Crippen LogP contribution in [0.15, 0.2) is 18.2 Å². The number of carbonyl (C=O) groups excluding carboxylic acids is 1. The predicted octanol–water partition coefficient (Wildman–Crippen LogP) is 1.60. The summed E-state index contributed by atoms with van der Waals surface area (Å²) < 4.78 is 5.38. The van der Waals surface area contributed by atoms with Crippen LogP contribution in [0.3, 0.4) is 0 Å². The summed E-state index contributed by atoms with van der Waals surface area (Å²) in [6, 6.07) is 4.85. The van der Waals surface area contributed by atoms with Crippen molar-refractivity contribution < 1.29 is 9.53 Å². The molecule has 7 nitrogen and oxygen atoms in total. The zero-order valence-electron chi connectivity index (χ0n) is 17.4. The Morgan fingerprint density at radius 1 is 0.889 bits per heavy atom. The summed E-state index contributed by atoms with van der Waals surface area (Å²) in [5.41, 5.74) is 12.8. The number of hydrogen-bond donors (Lipinski definition) is 2. The van der Waals surface area contributed by atoms with Crippen molar-refractivity contribution in [1.29, 1.82) is 0 Å². The van der Waals surface area contributed by atoms with Gasteiger partial charge in [-0.3, -0.25) is 0 Å². The largest absolute Gasteiger partial charge is 0.462 e. The third kappa shape index (κ3) is 10.2. The van der Waals surface area contributed by atoms with Gasteiger partial charge in [-0.05, 0) is 91.8 Å². The Morgan fingerprint density at radius 3 is 1.96 bits per heavy atom. The first-order valence-corrected chi connectivity index (χ1v) is 9.63. The molecule has 1 rings (SSSR count). The Hall–Kier alpha value is -1.83. The molecule has 0 saturated carbocycles. The van der Waals surface area contributed by atoms with E-state index in [-0.39, 0.29) is 5.97 Å². The molecular formula is C20H37N5O2. The summed E-state index contributed by atoms with van der Waals surface area (Å²) >= 11 is 0. The topological polar surface area (TPSA) is 88.1 Å². The van der Waals surface area contributed by atoms with Crippen LogP contribution in [0, 0.1) is 0 Å². The number of esters is 1. The summed E-state index contributed by atoms with van der Waals surface area (Å²) in [6.45, 7) is 5.59. The van der Waals surface area contributed by atoms with Gasteiger partial charge in [0.1, 0.15) is 0 Å². The normalized spacial score (nSPS) is 11.5. The summed E-state index contributed by atoms with van der Waals surface area (Å²) in [5.74, 6) is -0.390. The van der Waals surface area contributed by atoms with Crippen LogP contribution >= 0.6 is 0 Å². The molecule has 0 bridgehead atoms. The molecule has 0 aliphatic rings. The monoisotopic (exact) mass is 379 g/mol. The molecular weight excluding hydrogens is 342 g/mol. The zero-order chi connectivity index (χ0) is 20.2. The van der Waals surface area contributed by atoms with Gasteiger partial charge in [0.05, 0.1) is 12.2 Å². The Balaban J connectivity index is 2.38. The molecule has 4 N–H and O–H groups in total. The lowest BCUT2D eigenvalue weighted by Crippen LogP contribution is -2.31. The number of benzene rings is 1. The molecule has 0 amide bonds. The number of nitrogens with zero attached hydrogens (tertiary/aromatic N) is 3. The highest BCUT2D eigenvalue weighted by Crippen LogP contribution is 2.16. The van der Waals surface area contributed by atoms with Gasteiger partial charge in [-0.2, -0.15) is 0 Å². The second-order valence-corrected chi connectivity index (χ2v) is 7.49. The Morgan fingerprint density at radius 2 is 1.44 bits per heavy atom. The van der Waals surface area contributed by atoms with E-state index in [4.69, 9.17) is 16.2 Å². The van der Waals surface area contributed by atoms with Gasteiger partial charge < -0.3 is 30.9 Å². The smallest absolute Gasteiger partial charge is 0.340 e. The van der Waals surface area contributed by atoms with Gasteiger partial charge in [0.25, 0.3) is 0 Å². The summed E-state index contributed by atoms with van der Waals surface area (Å²) in [6.07, 6.45) is 3.08. The highest BCUT2D eigenvalue weighted by atomic mass is 16.5. The van der Waals surface area contributed by atoms with Crippen molar-refractivity contribution in [3.63, 3.8) is 0 Å². The van der Waals surface area contributed by atoms with Crippen molar-refractivity contribution in [2.24, 2.45) is 0 Å². The molecule has 0 unspecified atom stereocenters. The van der Waals surface area contributed by atoms with Crippen LogP contribution in [-0.2, 0) is 4.74 Å². The highest BCUT2D eigenvalue weighted by Gasteiger charge is 2.12. The fourth-order valence-corrected chi connectivity index (χ4v) is 2.85. The van der Waals surface area contributed by atoms with Crippen LogP contribution in [0.4, 0.5) is 11.4 Å². The van der Waals surface area contributed by atoms with Gasteiger partial charge in [0, 0.05) is 17.9 Å². The fraction of sp³-hybridized carbons (Fsp3) is 0.650. The van der Waals surface area contributed by atoms with Crippen molar-refractivity contribution in [3.8, 4) is 0 Å². The third-order valence-electron chi connectivity index (χ3n) is 4.31. The van der Waals surface area contributed by atoms with Crippen LogP contribution in [0.1, 0.15) is 29.6 Å². The van der Waals surface area contributed by atoms with Crippen LogP contribution < -0.4 is 11.5 Å². The van der Waals surface area contributed by atoms with Gasteiger partial charge in [-0.15, -0.1) is 0 Å². The average Bonchev–Trinajstić information content (AvgIpc) is 2.57. The molecule has 0 atom stereocenters. The third-order valence-corrected chi connectivity index (χ3v) is 4.31. The Labute approximate surface area is 164 Å². The lowest BCUT2D eigenvalue weighted by molar-refractivity contribution is 0.0488. The molecule has 154 valence electrons. The van der Waals surface area contributed by atoms with Crippen LogP contribution in [0.2, 0.25) is 0 Å². The van der Waals surface area contributed by atoms with Gasteiger partial charge in [-0.25, -0.2) is 4.79 Å². The van der Waals surface area contributed by atoms with Gasteiger partial charge >= 0.3 is 5.97 Å². The number of rotatable bonds is 13. The van der Waals surface area contributed by atoms with Crippen molar-refractivity contribution in [2.45, 2.75) is 19.3 Å². The molecule has 0 aliphatic carbocycles. The van der Waals surface area contributed by atoms with Crippen LogP contribution in [0.25, 0.3) is 0 Å². The molecule has 1 aromatic rings. The van der Waals surface area contributed by atoms with Crippen LogP contribution in [0.5, 0.6) is 0 Å². The summed E-state index contributed by atoms with van der Waals surface area (Å²) in [7, 11) is 8.38. The molecule has 0 radical (unpaired) electrons. The Bertz CT molecular complexity index is 549. The van der Waals surface area contributed by atoms with E-state index >= 15 is 0 Å². The molecule has 0 fully saturated rings. The number of anilines is 2. The minimum atomic E-state index is -0.390. The second-order valence-electron chi connectivity index (χ2n) is 7.49. The average molecular weight is 380 g/mol. The highest BCUT2D eigenvalue weighted by molar-refractivity contribution is 5.95. The number of carbonyl (C=O) groups is 1. The molecule has 27 heavy (non-hydrogen) atoms. The SMILES string of the molecule is CN(C)CCCN(CCCOC(=O)c1ccc(N)cc1N)CCCN(C)C. The number of hydrogen-bond acceptors (Lipinski definition) is 7. The molecule has 0 aromatic heterocycles. The van der Waals surface area contributed by atoms with E-state index in [9.17, 15) is 4.79 Å². The van der Waals surface area contributed by atoms with Crippen molar-refractivity contribution in [3.05, 3.63) is 23.8 Å². The minimum Gasteiger partial charge on any atom is -0.462 e. The molecule has 0 aliphatic heterocycles. The van der Waals surface area contributed by atoms with E-state index < -0.39 is 0 Å². The van der Waals surface area contributed by atoms with E-state index in [2.05, 4.69) is 42.9 Å². The first-order chi connectivity index (χ1) is 12.8. The fourth-order valence-electron chi connectivity index (χ4n) is 2.85. The van der Waals surface area contributed by atoms with E-state index in [1.165, 1.54) is 0 Å². The molecule has 0 heterocycles. The summed E-state index contributed by atoms with van der Waals surface area (Å²) in [5, 5.41) is 0. The molecule has 1 aromatic carbocycles. The maximum atomic E-state index is 12.1. The number of nitrogens with two attached hydrogens (primary N) is 2. The van der Waals surface area contributed by atoms with E-state index in [0.29, 0.717) is 23.5 Å². The lowest BCUT2D eigenvalue weighted by Gasteiger charge is -2.24. The Kier molecular flexibility index (Phi) is 10.8.